The highest BCUT2D eigenvalue weighted by Crippen LogP contribution is 2.59. The van der Waals surface area contributed by atoms with E-state index in [0.29, 0.717) is 0 Å². The van der Waals surface area contributed by atoms with Gasteiger partial charge in [0.1, 0.15) is 5.60 Å². The minimum atomic E-state index is -2.64. The van der Waals surface area contributed by atoms with Crippen LogP contribution in [0.15, 0.2) is 54.6 Å². The molecule has 2 atom stereocenters. The van der Waals surface area contributed by atoms with E-state index in [4.69, 9.17) is 4.52 Å². The second-order valence-corrected chi connectivity index (χ2v) is 21.1. The molecule has 5 rings (SSSR count). The highest BCUT2D eigenvalue weighted by molar-refractivity contribution is 7.39. The predicted molar refractivity (Wildman–Crippen MR) is 217 cm³/mol. The van der Waals surface area contributed by atoms with Crippen LogP contribution in [0.2, 0.25) is 0 Å². The molecule has 50 heavy (non-hydrogen) atoms. The SMILES string of the molecule is CC(C)(C)c1ccc2cc(C3CCCCC3(OP(O)O)c3cc4c(C(C)(C)C)cc(C(C)(C)C)cc4cc3C(C)(C)C)c(C(C)(C)C)cc2c1. The van der Waals surface area contributed by atoms with Crippen LogP contribution in [0.5, 0.6) is 0 Å². The minimum absolute atomic E-state index is 0.00422. The van der Waals surface area contributed by atoms with E-state index in [-0.39, 0.29) is 33.0 Å². The van der Waals surface area contributed by atoms with Crippen molar-refractivity contribution in [2.75, 3.05) is 0 Å². The van der Waals surface area contributed by atoms with Crippen LogP contribution < -0.4 is 0 Å². The van der Waals surface area contributed by atoms with Crippen molar-refractivity contribution >= 4 is 30.1 Å². The van der Waals surface area contributed by atoms with Crippen molar-refractivity contribution in [3.05, 3.63) is 93.5 Å². The summed E-state index contributed by atoms with van der Waals surface area (Å²) < 4.78 is 6.74. The molecule has 0 amide bonds. The molecule has 1 aliphatic rings. The van der Waals surface area contributed by atoms with Crippen LogP contribution in [-0.2, 0) is 37.2 Å². The summed E-state index contributed by atoms with van der Waals surface area (Å²) in [5.74, 6) is -0.0630. The summed E-state index contributed by atoms with van der Waals surface area (Å²) in [5, 5.41) is 4.94. The first kappa shape index (κ1) is 38.9. The summed E-state index contributed by atoms with van der Waals surface area (Å²) in [6.45, 7) is 34.4. The van der Waals surface area contributed by atoms with Crippen molar-refractivity contribution in [2.24, 2.45) is 0 Å². The van der Waals surface area contributed by atoms with Crippen molar-refractivity contribution in [3.63, 3.8) is 0 Å². The zero-order valence-corrected chi connectivity index (χ0v) is 34.7. The van der Waals surface area contributed by atoms with E-state index in [2.05, 4.69) is 158 Å². The smallest absolute Gasteiger partial charge is 0.327 e. The molecule has 0 spiro atoms. The molecule has 0 aliphatic heterocycles. The summed E-state index contributed by atoms with van der Waals surface area (Å²) in [7, 11) is -2.64. The standard InChI is InChI=1S/C46H65O3P/c1-41(2,3)32-20-19-29-24-35(37(43(7,8)9)25-30(29)22-32)36-18-16-17-21-46(36,49-50(47)48)40-28-34-31(26-39(40)45(13,14)15)23-33(42(4,5)6)27-38(34)44(10,11)12/h19-20,22-28,36,47-48H,16-18,21H2,1-15H3. The maximum absolute atomic E-state index is 10.9. The van der Waals surface area contributed by atoms with Crippen LogP contribution >= 0.6 is 8.60 Å². The van der Waals surface area contributed by atoms with Gasteiger partial charge in [0.25, 0.3) is 0 Å². The fraction of sp³-hybridized carbons (Fsp3) is 0.565. The second kappa shape index (κ2) is 13.0. The Morgan fingerprint density at radius 3 is 1.66 bits per heavy atom. The molecule has 2 N–H and O–H groups in total. The van der Waals surface area contributed by atoms with Crippen LogP contribution in [0, 0.1) is 0 Å². The normalized spacial score (nSPS) is 19.9. The van der Waals surface area contributed by atoms with Crippen molar-refractivity contribution < 1.29 is 14.3 Å². The average molecular weight is 697 g/mol. The van der Waals surface area contributed by atoms with E-state index in [0.717, 1.165) is 31.2 Å². The van der Waals surface area contributed by atoms with Gasteiger partial charge in [-0.1, -0.05) is 165 Å². The van der Waals surface area contributed by atoms with E-state index in [1.54, 1.807) is 0 Å². The lowest BCUT2D eigenvalue weighted by Gasteiger charge is -2.48. The monoisotopic (exact) mass is 696 g/mol. The molecule has 0 radical (unpaired) electrons. The Balaban J connectivity index is 1.91. The molecule has 4 heteroatoms. The Hall–Kier alpha value is -2.29. The first-order chi connectivity index (χ1) is 22.7. The lowest BCUT2D eigenvalue weighted by Crippen LogP contribution is -2.41. The lowest BCUT2D eigenvalue weighted by molar-refractivity contribution is -0.00779. The largest absolute Gasteiger partial charge is 0.328 e. The Bertz CT molecular complexity index is 1880. The molecule has 4 aromatic rings. The van der Waals surface area contributed by atoms with Crippen molar-refractivity contribution in [3.8, 4) is 0 Å². The third-order valence-corrected chi connectivity index (χ3v) is 11.7. The number of fused-ring (bicyclic) bond motifs is 2. The second-order valence-electron chi connectivity index (χ2n) is 20.4. The third-order valence-electron chi connectivity index (χ3n) is 11.2. The minimum Gasteiger partial charge on any atom is -0.328 e. The van der Waals surface area contributed by atoms with Crippen LogP contribution in [0.25, 0.3) is 21.5 Å². The first-order valence-electron chi connectivity index (χ1n) is 18.8. The molecule has 1 saturated carbocycles. The van der Waals surface area contributed by atoms with E-state index in [9.17, 15) is 9.79 Å². The summed E-state index contributed by atoms with van der Waals surface area (Å²) in [6, 6.07) is 21.3. The van der Waals surface area contributed by atoms with Crippen LogP contribution in [-0.4, -0.2) is 9.79 Å². The van der Waals surface area contributed by atoms with E-state index < -0.39 is 14.2 Å². The van der Waals surface area contributed by atoms with Crippen LogP contribution in [0.4, 0.5) is 0 Å². The average Bonchev–Trinajstić information content (AvgIpc) is 2.96. The van der Waals surface area contributed by atoms with Gasteiger partial charge in [-0.05, 0) is 106 Å². The van der Waals surface area contributed by atoms with E-state index in [1.165, 1.54) is 54.9 Å². The highest BCUT2D eigenvalue weighted by Gasteiger charge is 2.49. The van der Waals surface area contributed by atoms with Gasteiger partial charge in [-0.3, -0.25) is 0 Å². The van der Waals surface area contributed by atoms with Gasteiger partial charge in [0.05, 0.1) is 0 Å². The van der Waals surface area contributed by atoms with Crippen molar-refractivity contribution in [1.82, 2.24) is 0 Å². The number of hydrogen-bond donors (Lipinski definition) is 2. The molecule has 0 aromatic heterocycles. The maximum Gasteiger partial charge on any atom is 0.327 e. The summed E-state index contributed by atoms with van der Waals surface area (Å²) in [6.07, 6.45) is 3.66. The Morgan fingerprint density at radius 2 is 1.12 bits per heavy atom. The molecule has 4 aromatic carbocycles. The molecule has 272 valence electrons. The fourth-order valence-corrected chi connectivity index (χ4v) is 8.94. The number of hydrogen-bond acceptors (Lipinski definition) is 3. The van der Waals surface area contributed by atoms with Gasteiger partial charge < -0.3 is 14.3 Å². The van der Waals surface area contributed by atoms with Gasteiger partial charge in [-0.15, -0.1) is 0 Å². The highest BCUT2D eigenvalue weighted by atomic mass is 31.2. The maximum atomic E-state index is 10.9. The zero-order valence-electron chi connectivity index (χ0n) is 33.9. The summed E-state index contributed by atoms with van der Waals surface area (Å²) in [4.78, 5) is 21.8. The van der Waals surface area contributed by atoms with Gasteiger partial charge in [0, 0.05) is 5.92 Å². The molecular weight excluding hydrogens is 631 g/mol. The van der Waals surface area contributed by atoms with Gasteiger partial charge >= 0.3 is 8.60 Å². The Labute approximate surface area is 305 Å². The summed E-state index contributed by atoms with van der Waals surface area (Å²) >= 11 is 0. The molecule has 0 saturated heterocycles. The molecule has 1 aliphatic carbocycles. The van der Waals surface area contributed by atoms with Crippen molar-refractivity contribution in [2.45, 2.75) is 168 Å². The van der Waals surface area contributed by atoms with E-state index in [1.807, 2.05) is 0 Å². The number of rotatable bonds is 4. The molecule has 3 nitrogen and oxygen atoms in total. The van der Waals surface area contributed by atoms with Crippen LogP contribution in [0.3, 0.4) is 0 Å². The fourth-order valence-electron chi connectivity index (χ4n) is 8.33. The molecule has 2 unspecified atom stereocenters. The Kier molecular flexibility index (Phi) is 10.1. The van der Waals surface area contributed by atoms with Gasteiger partial charge in [0.2, 0.25) is 0 Å². The quantitative estimate of drug-likeness (QED) is 0.209. The zero-order chi connectivity index (χ0) is 37.4. The van der Waals surface area contributed by atoms with Crippen LogP contribution in [0.1, 0.15) is 174 Å². The topological polar surface area (TPSA) is 49.7 Å². The lowest BCUT2D eigenvalue weighted by atomic mass is 9.63. The Morgan fingerprint density at radius 1 is 0.560 bits per heavy atom. The first-order valence-corrected chi connectivity index (χ1v) is 20.0. The summed E-state index contributed by atoms with van der Waals surface area (Å²) in [5.41, 5.74) is 7.57. The van der Waals surface area contributed by atoms with Gasteiger partial charge in [-0.2, -0.15) is 0 Å². The van der Waals surface area contributed by atoms with Gasteiger partial charge in [-0.25, -0.2) is 0 Å². The van der Waals surface area contributed by atoms with Gasteiger partial charge in [0.15, 0.2) is 0 Å². The van der Waals surface area contributed by atoms with Crippen molar-refractivity contribution in [1.29, 1.82) is 0 Å². The molecule has 0 bridgehead atoms. The molecular formula is C46H65O3P. The predicted octanol–water partition coefficient (Wildman–Crippen LogP) is 13.3. The molecule has 1 fully saturated rings. The third kappa shape index (κ3) is 7.59. The van der Waals surface area contributed by atoms with E-state index >= 15 is 0 Å². The number of benzene rings is 4. The molecule has 0 heterocycles.